The molecule has 216 valence electrons. The molecule has 0 saturated carbocycles. The van der Waals surface area contributed by atoms with Crippen LogP contribution in [-0.2, 0) is 0 Å². The maximum absolute atomic E-state index is 11.6. The maximum Gasteiger partial charge on any atom is 0.150 e. The summed E-state index contributed by atoms with van der Waals surface area (Å²) in [6.07, 6.45) is 3.96. The van der Waals surface area contributed by atoms with Crippen molar-refractivity contribution >= 4 is 31.4 Å². The van der Waals surface area contributed by atoms with E-state index in [1.807, 2.05) is 60.7 Å². The first kappa shape index (κ1) is 28.8. The number of carbonyl (C=O) groups is 5. The molecule has 5 aromatic carbocycles. The molecule has 6 rings (SSSR count). The second kappa shape index (κ2) is 12.5. The predicted molar refractivity (Wildman–Crippen MR) is 174 cm³/mol. The smallest absolute Gasteiger partial charge is 0.150 e. The van der Waals surface area contributed by atoms with Gasteiger partial charge in [-0.2, -0.15) is 0 Å². The second-order valence-corrected chi connectivity index (χ2v) is 10.5. The molecule has 6 nitrogen and oxygen atoms in total. The molecule has 0 atom stereocenters. The Hall–Kier alpha value is -6.27. The van der Waals surface area contributed by atoms with Gasteiger partial charge in [0.15, 0.2) is 0 Å². The Kier molecular flexibility index (Phi) is 8.03. The topological polar surface area (TPSA) is 90.3 Å². The van der Waals surface area contributed by atoms with E-state index in [0.717, 1.165) is 81.9 Å². The highest BCUT2D eigenvalue weighted by molar-refractivity contribution is 6.03. The van der Waals surface area contributed by atoms with Crippen molar-refractivity contribution in [2.75, 3.05) is 0 Å². The van der Waals surface area contributed by atoms with E-state index in [1.54, 1.807) is 60.7 Å². The van der Waals surface area contributed by atoms with Crippen molar-refractivity contribution in [3.63, 3.8) is 0 Å². The van der Waals surface area contributed by atoms with Crippen LogP contribution < -0.4 is 0 Å². The average Bonchev–Trinajstić information content (AvgIpc) is 3.47. The fourth-order valence-corrected chi connectivity index (χ4v) is 5.54. The van der Waals surface area contributed by atoms with Crippen molar-refractivity contribution in [1.82, 2.24) is 4.57 Å². The first-order valence-corrected chi connectivity index (χ1v) is 14.1. The summed E-state index contributed by atoms with van der Waals surface area (Å²) in [7, 11) is 0. The molecule has 0 unspecified atom stereocenters. The zero-order chi connectivity index (χ0) is 31.3. The third-order valence-electron chi connectivity index (χ3n) is 7.77. The van der Waals surface area contributed by atoms with Gasteiger partial charge in [0, 0.05) is 44.6 Å². The summed E-state index contributed by atoms with van der Waals surface area (Å²) < 4.78 is 2.10. The summed E-state index contributed by atoms with van der Waals surface area (Å²) in [4.78, 5) is 57.9. The molecule has 0 saturated heterocycles. The van der Waals surface area contributed by atoms with E-state index in [0.29, 0.717) is 27.8 Å². The van der Waals surface area contributed by atoms with Crippen molar-refractivity contribution in [3.05, 3.63) is 149 Å². The van der Waals surface area contributed by atoms with Gasteiger partial charge in [0.05, 0.1) is 11.4 Å². The minimum atomic E-state index is 0.522. The first-order chi connectivity index (χ1) is 22.1. The molecule has 6 heteroatoms. The summed E-state index contributed by atoms with van der Waals surface area (Å²) >= 11 is 0. The van der Waals surface area contributed by atoms with Crippen LogP contribution in [0.3, 0.4) is 0 Å². The van der Waals surface area contributed by atoms with Gasteiger partial charge in [-0.15, -0.1) is 0 Å². The van der Waals surface area contributed by atoms with Crippen LogP contribution in [0.2, 0.25) is 0 Å². The van der Waals surface area contributed by atoms with Crippen LogP contribution >= 0.6 is 0 Å². The van der Waals surface area contributed by atoms with Crippen LogP contribution in [0.4, 0.5) is 0 Å². The van der Waals surface area contributed by atoms with Crippen LogP contribution in [0.1, 0.15) is 51.8 Å². The molecule has 1 aromatic heterocycles. The van der Waals surface area contributed by atoms with Gasteiger partial charge in [0.1, 0.15) is 31.4 Å². The zero-order valence-corrected chi connectivity index (χ0v) is 23.9. The number of rotatable bonds is 10. The van der Waals surface area contributed by atoms with Gasteiger partial charge in [0.25, 0.3) is 0 Å². The van der Waals surface area contributed by atoms with E-state index >= 15 is 0 Å². The lowest BCUT2D eigenvalue weighted by atomic mass is 9.90. The molecule has 0 aliphatic heterocycles. The predicted octanol–water partition coefficient (Wildman–Crippen LogP) is 8.21. The third kappa shape index (κ3) is 5.48. The van der Waals surface area contributed by atoms with Crippen molar-refractivity contribution in [2.24, 2.45) is 0 Å². The van der Waals surface area contributed by atoms with E-state index in [4.69, 9.17) is 0 Å². The Bertz CT molecular complexity index is 1670. The van der Waals surface area contributed by atoms with Gasteiger partial charge in [0.2, 0.25) is 0 Å². The van der Waals surface area contributed by atoms with E-state index in [9.17, 15) is 24.0 Å². The maximum atomic E-state index is 11.6. The lowest BCUT2D eigenvalue weighted by molar-refractivity contribution is 0.111. The molecule has 6 aromatic rings. The molecule has 0 radical (unpaired) electrons. The number of hydrogen-bond acceptors (Lipinski definition) is 5. The highest BCUT2D eigenvalue weighted by Crippen LogP contribution is 2.50. The van der Waals surface area contributed by atoms with Crippen molar-refractivity contribution in [1.29, 1.82) is 0 Å². The Morgan fingerprint density at radius 2 is 0.556 bits per heavy atom. The molecule has 0 fully saturated rings. The number of hydrogen-bond donors (Lipinski definition) is 0. The number of aromatic nitrogens is 1. The van der Waals surface area contributed by atoms with Crippen LogP contribution in [0.25, 0.3) is 50.5 Å². The highest BCUT2D eigenvalue weighted by atomic mass is 16.1. The molecule has 0 aliphatic carbocycles. The summed E-state index contributed by atoms with van der Waals surface area (Å²) in [5.41, 5.74) is 9.99. The molecule has 0 aliphatic rings. The SMILES string of the molecule is O=Cc1ccc(-c2c(-c3ccc(C=O)cc3)c(-c3ccc(C=O)cc3)n(-c3ccc(C=O)cc3)c2-c2ccc(C=O)cc2)cc1. The molecular formula is C39H25NO5. The average molecular weight is 588 g/mol. The number of benzene rings is 5. The fourth-order valence-electron chi connectivity index (χ4n) is 5.54. The minimum Gasteiger partial charge on any atom is -0.308 e. The Balaban J connectivity index is 1.82. The second-order valence-electron chi connectivity index (χ2n) is 10.5. The van der Waals surface area contributed by atoms with Crippen LogP contribution in [0, 0.1) is 0 Å². The molecular weight excluding hydrogens is 562 g/mol. The molecule has 45 heavy (non-hydrogen) atoms. The van der Waals surface area contributed by atoms with Crippen molar-refractivity contribution in [2.45, 2.75) is 0 Å². The van der Waals surface area contributed by atoms with E-state index < -0.39 is 0 Å². The summed E-state index contributed by atoms with van der Waals surface area (Å²) in [6.45, 7) is 0. The van der Waals surface area contributed by atoms with Crippen LogP contribution in [0.15, 0.2) is 121 Å². The lowest BCUT2D eigenvalue weighted by Crippen LogP contribution is -2.01. The van der Waals surface area contributed by atoms with E-state index in [2.05, 4.69) is 4.57 Å². The molecule has 0 bridgehead atoms. The van der Waals surface area contributed by atoms with Gasteiger partial charge in [-0.1, -0.05) is 97.1 Å². The number of nitrogens with zero attached hydrogens (tertiary/aromatic N) is 1. The van der Waals surface area contributed by atoms with Gasteiger partial charge in [-0.25, -0.2) is 0 Å². The standard InChI is InChI=1S/C39H25NO5/c41-21-26-1-11-31(12-2-26)36-37(32-13-3-27(22-42)4-14-32)39(34-17-7-29(24-44)8-18-34)40(35-19-9-30(25-45)10-20-35)38(36)33-15-5-28(23-43)6-16-33/h1-25H. The quantitative estimate of drug-likeness (QED) is 0.151. The zero-order valence-electron chi connectivity index (χ0n) is 23.9. The van der Waals surface area contributed by atoms with Gasteiger partial charge < -0.3 is 4.57 Å². The number of carbonyl (C=O) groups excluding carboxylic acids is 5. The normalized spacial score (nSPS) is 10.7. The Labute approximate surface area is 259 Å². The summed E-state index contributed by atoms with van der Waals surface area (Å²) in [5.74, 6) is 0. The Morgan fingerprint density at radius 1 is 0.311 bits per heavy atom. The Morgan fingerprint density at radius 3 is 0.822 bits per heavy atom. The molecule has 1 heterocycles. The van der Waals surface area contributed by atoms with Gasteiger partial charge in [-0.3, -0.25) is 24.0 Å². The van der Waals surface area contributed by atoms with Gasteiger partial charge >= 0.3 is 0 Å². The highest BCUT2D eigenvalue weighted by Gasteiger charge is 2.28. The first-order valence-electron chi connectivity index (χ1n) is 14.1. The lowest BCUT2D eigenvalue weighted by Gasteiger charge is -2.16. The van der Waals surface area contributed by atoms with Crippen molar-refractivity contribution in [3.8, 4) is 50.5 Å². The largest absolute Gasteiger partial charge is 0.308 e. The van der Waals surface area contributed by atoms with Crippen molar-refractivity contribution < 1.29 is 24.0 Å². The van der Waals surface area contributed by atoms with Gasteiger partial charge in [-0.05, 0) is 46.5 Å². The molecule has 0 amide bonds. The monoisotopic (exact) mass is 587 g/mol. The summed E-state index contributed by atoms with van der Waals surface area (Å²) in [5, 5.41) is 0. The van der Waals surface area contributed by atoms with Crippen LogP contribution in [-0.4, -0.2) is 36.0 Å². The molecule has 0 spiro atoms. The molecule has 0 N–H and O–H groups in total. The summed E-state index contributed by atoms with van der Waals surface area (Å²) in [6, 6.07) is 36.4. The van der Waals surface area contributed by atoms with E-state index in [1.165, 1.54) is 0 Å². The van der Waals surface area contributed by atoms with Crippen LogP contribution in [0.5, 0.6) is 0 Å². The fraction of sp³-hybridized carbons (Fsp3) is 0. The van der Waals surface area contributed by atoms with E-state index in [-0.39, 0.29) is 0 Å². The minimum absolute atomic E-state index is 0.522. The number of aldehydes is 5. The third-order valence-corrected chi connectivity index (χ3v) is 7.77.